The van der Waals surface area contributed by atoms with E-state index in [1.807, 2.05) is 6.92 Å². The van der Waals surface area contributed by atoms with Crippen LogP contribution in [0.1, 0.15) is 50.6 Å². The van der Waals surface area contributed by atoms with E-state index in [0.29, 0.717) is 18.8 Å². The van der Waals surface area contributed by atoms with Crippen molar-refractivity contribution < 1.29 is 27.5 Å². The fraction of sp³-hybridized carbons (Fsp3) is 0.647. The van der Waals surface area contributed by atoms with Gasteiger partial charge in [0.1, 0.15) is 0 Å². The van der Waals surface area contributed by atoms with Crippen LogP contribution in [0.2, 0.25) is 0 Å². The third kappa shape index (κ3) is 4.45. The lowest BCUT2D eigenvalue weighted by molar-refractivity contribution is -0.127. The van der Waals surface area contributed by atoms with Crippen LogP contribution in [0.25, 0.3) is 0 Å². The van der Waals surface area contributed by atoms with Crippen molar-refractivity contribution in [1.29, 1.82) is 0 Å². The summed E-state index contributed by atoms with van der Waals surface area (Å²) in [4.78, 5) is 23.2. The summed E-state index contributed by atoms with van der Waals surface area (Å²) in [5.41, 5.74) is 0. The Morgan fingerprint density at radius 2 is 1.92 bits per heavy atom. The molecule has 1 saturated heterocycles. The highest BCUT2D eigenvalue weighted by molar-refractivity contribution is 7.89. The Morgan fingerprint density at radius 1 is 1.31 bits per heavy atom. The molecule has 1 aromatic heterocycles. The monoisotopic (exact) mass is 386 g/mol. The quantitative estimate of drug-likeness (QED) is 0.739. The Morgan fingerprint density at radius 3 is 2.42 bits per heavy atom. The van der Waals surface area contributed by atoms with Gasteiger partial charge in [-0.05, 0) is 37.8 Å². The second kappa shape index (κ2) is 8.22. The molecule has 2 heterocycles. The van der Waals surface area contributed by atoms with Crippen molar-refractivity contribution in [1.82, 2.24) is 9.62 Å². The second-order valence-corrected chi connectivity index (χ2v) is 8.65. The largest absolute Gasteiger partial charge is 0.475 e. The van der Waals surface area contributed by atoms with Crippen LogP contribution in [0, 0.1) is 11.8 Å². The molecule has 0 radical (unpaired) electrons. The first-order valence-electron chi connectivity index (χ1n) is 8.80. The van der Waals surface area contributed by atoms with Gasteiger partial charge in [0.2, 0.25) is 16.8 Å². The van der Waals surface area contributed by atoms with Crippen molar-refractivity contribution in [3.05, 3.63) is 17.9 Å². The molecule has 2 unspecified atom stereocenters. The molecule has 2 N–H and O–H groups in total. The predicted octanol–water partition coefficient (Wildman–Crippen LogP) is 1.93. The fourth-order valence-corrected chi connectivity index (χ4v) is 4.28. The van der Waals surface area contributed by atoms with Gasteiger partial charge in [0.05, 0.1) is 0 Å². The summed E-state index contributed by atoms with van der Waals surface area (Å²) >= 11 is 0. The molecule has 1 aliphatic heterocycles. The van der Waals surface area contributed by atoms with Gasteiger partial charge >= 0.3 is 5.97 Å². The van der Waals surface area contributed by atoms with Crippen LogP contribution in [-0.2, 0) is 14.8 Å². The minimum absolute atomic E-state index is 0.0407. The number of hydrogen-bond acceptors (Lipinski definition) is 5. The molecule has 1 aromatic rings. The lowest BCUT2D eigenvalue weighted by atomic mass is 9.95. The van der Waals surface area contributed by atoms with Crippen LogP contribution in [0.15, 0.2) is 21.6 Å². The maximum atomic E-state index is 12.5. The van der Waals surface area contributed by atoms with Crippen LogP contribution in [0.3, 0.4) is 0 Å². The Balaban J connectivity index is 1.96. The Bertz CT molecular complexity index is 749. The standard InChI is InChI=1S/C17H26N2O6S/c1-4-11(2)12(3)18-16(20)13-7-9-19(10-8-13)26(23,24)15-6-5-14(25-15)17(21)22/h5-6,11-13H,4,7-10H2,1-3H3,(H,18,20)(H,21,22). The van der Waals surface area contributed by atoms with Crippen LogP contribution in [0.4, 0.5) is 0 Å². The van der Waals surface area contributed by atoms with E-state index >= 15 is 0 Å². The van der Waals surface area contributed by atoms with E-state index in [-0.39, 0.29) is 36.0 Å². The van der Waals surface area contributed by atoms with Gasteiger partial charge in [-0.25, -0.2) is 13.2 Å². The topological polar surface area (TPSA) is 117 Å². The van der Waals surface area contributed by atoms with E-state index in [1.165, 1.54) is 4.31 Å². The number of nitrogens with one attached hydrogen (secondary N) is 1. The van der Waals surface area contributed by atoms with Crippen molar-refractivity contribution in [2.24, 2.45) is 11.8 Å². The van der Waals surface area contributed by atoms with Gasteiger partial charge < -0.3 is 14.8 Å². The van der Waals surface area contributed by atoms with E-state index in [2.05, 4.69) is 19.2 Å². The summed E-state index contributed by atoms with van der Waals surface area (Å²) in [5, 5.41) is 11.5. The third-order valence-electron chi connectivity index (χ3n) is 5.08. The Labute approximate surface area is 153 Å². The highest BCUT2D eigenvalue weighted by atomic mass is 32.2. The SMILES string of the molecule is CCC(C)C(C)NC(=O)C1CCN(S(=O)(=O)c2ccc(C(=O)O)o2)CC1. The van der Waals surface area contributed by atoms with Gasteiger partial charge in [0.25, 0.3) is 10.0 Å². The molecule has 8 nitrogen and oxygen atoms in total. The molecule has 1 aliphatic rings. The number of nitrogens with zero attached hydrogens (tertiary/aromatic N) is 1. The summed E-state index contributed by atoms with van der Waals surface area (Å²) < 4.78 is 31.2. The molecular weight excluding hydrogens is 360 g/mol. The van der Waals surface area contributed by atoms with Gasteiger partial charge in [-0.15, -0.1) is 0 Å². The van der Waals surface area contributed by atoms with Crippen molar-refractivity contribution in [3.8, 4) is 0 Å². The van der Waals surface area contributed by atoms with Gasteiger partial charge in [-0.2, -0.15) is 4.31 Å². The third-order valence-corrected chi connectivity index (χ3v) is 6.85. The molecule has 0 aliphatic carbocycles. The number of carbonyl (C=O) groups is 2. The molecular formula is C17H26N2O6S. The van der Waals surface area contributed by atoms with E-state index in [9.17, 15) is 18.0 Å². The first-order chi connectivity index (χ1) is 12.2. The fourth-order valence-electron chi connectivity index (χ4n) is 2.90. The van der Waals surface area contributed by atoms with Crippen LogP contribution in [0.5, 0.6) is 0 Å². The molecule has 9 heteroatoms. The number of carboxylic acid groups (broad SMARTS) is 1. The van der Waals surface area contributed by atoms with Gasteiger partial charge in [0.15, 0.2) is 0 Å². The number of carbonyl (C=O) groups excluding carboxylic acids is 1. The molecule has 2 rings (SSSR count). The molecule has 1 amide bonds. The van der Waals surface area contributed by atoms with Crippen molar-refractivity contribution in [2.75, 3.05) is 13.1 Å². The molecule has 26 heavy (non-hydrogen) atoms. The molecule has 0 spiro atoms. The summed E-state index contributed by atoms with van der Waals surface area (Å²) in [6.07, 6.45) is 1.81. The smallest absolute Gasteiger partial charge is 0.371 e. The minimum Gasteiger partial charge on any atom is -0.475 e. The van der Waals surface area contributed by atoms with Crippen molar-refractivity contribution in [2.45, 2.75) is 51.2 Å². The number of rotatable bonds is 7. The average Bonchev–Trinajstić information content (AvgIpc) is 3.12. The summed E-state index contributed by atoms with van der Waals surface area (Å²) in [6, 6.07) is 2.34. The normalized spacial score (nSPS) is 19.0. The molecule has 0 saturated carbocycles. The van der Waals surface area contributed by atoms with Crippen LogP contribution in [-0.4, -0.2) is 48.8 Å². The predicted molar refractivity (Wildman–Crippen MR) is 94.2 cm³/mol. The minimum atomic E-state index is -3.89. The molecule has 0 bridgehead atoms. The molecule has 146 valence electrons. The zero-order valence-electron chi connectivity index (χ0n) is 15.3. The van der Waals surface area contributed by atoms with Crippen molar-refractivity contribution in [3.63, 3.8) is 0 Å². The number of carboxylic acids is 1. The average molecular weight is 386 g/mol. The zero-order chi connectivity index (χ0) is 19.5. The maximum absolute atomic E-state index is 12.5. The van der Waals surface area contributed by atoms with Gasteiger partial charge in [-0.3, -0.25) is 4.79 Å². The zero-order valence-corrected chi connectivity index (χ0v) is 16.1. The van der Waals surface area contributed by atoms with E-state index in [0.717, 1.165) is 18.6 Å². The first-order valence-corrected chi connectivity index (χ1v) is 10.2. The lowest BCUT2D eigenvalue weighted by Gasteiger charge is -2.31. The Hall–Kier alpha value is -1.87. The van der Waals surface area contributed by atoms with E-state index in [1.54, 1.807) is 0 Å². The van der Waals surface area contributed by atoms with Gasteiger partial charge in [0, 0.05) is 25.0 Å². The number of aromatic carboxylic acids is 1. The summed E-state index contributed by atoms with van der Waals surface area (Å²) in [6.45, 7) is 6.51. The number of piperidine rings is 1. The summed E-state index contributed by atoms with van der Waals surface area (Å²) in [5.74, 6) is -1.63. The van der Waals surface area contributed by atoms with E-state index < -0.39 is 21.8 Å². The van der Waals surface area contributed by atoms with Crippen molar-refractivity contribution >= 4 is 21.9 Å². The number of amides is 1. The highest BCUT2D eigenvalue weighted by Crippen LogP contribution is 2.25. The van der Waals surface area contributed by atoms with Gasteiger partial charge in [-0.1, -0.05) is 20.3 Å². The van der Waals surface area contributed by atoms with Crippen LogP contribution >= 0.6 is 0 Å². The number of hydrogen-bond donors (Lipinski definition) is 2. The highest BCUT2D eigenvalue weighted by Gasteiger charge is 2.34. The lowest BCUT2D eigenvalue weighted by Crippen LogP contribution is -2.45. The molecule has 1 fully saturated rings. The maximum Gasteiger partial charge on any atom is 0.371 e. The molecule has 2 atom stereocenters. The first kappa shape index (κ1) is 20.4. The second-order valence-electron chi connectivity index (χ2n) is 6.78. The number of sulfonamides is 1. The molecule has 0 aromatic carbocycles. The number of furan rings is 1. The van der Waals surface area contributed by atoms with E-state index in [4.69, 9.17) is 9.52 Å². The Kier molecular flexibility index (Phi) is 6.46. The van der Waals surface area contributed by atoms with Crippen LogP contribution < -0.4 is 5.32 Å². The summed E-state index contributed by atoms with van der Waals surface area (Å²) in [7, 11) is -3.89.